The molecule has 120 valence electrons. The number of carbonyl (C=O) groups is 1. The molecule has 0 spiro atoms. The van der Waals surface area contributed by atoms with Gasteiger partial charge in [-0.25, -0.2) is 4.39 Å². The summed E-state index contributed by atoms with van der Waals surface area (Å²) in [5.74, 6) is -0.0286. The summed E-state index contributed by atoms with van der Waals surface area (Å²) in [4.78, 5) is 12.7. The zero-order valence-corrected chi connectivity index (χ0v) is 13.5. The third-order valence-corrected chi connectivity index (χ3v) is 4.69. The van der Waals surface area contributed by atoms with Gasteiger partial charge in [-0.3, -0.25) is 4.79 Å². The zero-order valence-electron chi connectivity index (χ0n) is 13.5. The summed E-state index contributed by atoms with van der Waals surface area (Å²) in [6.07, 6.45) is 0. The Morgan fingerprint density at radius 3 is 2.52 bits per heavy atom. The Labute approximate surface area is 135 Å². The number of nitrogens with one attached hydrogen (secondary N) is 1. The van der Waals surface area contributed by atoms with Crippen LogP contribution in [0, 0.1) is 17.2 Å². The first-order valence-corrected chi connectivity index (χ1v) is 7.64. The Kier molecular flexibility index (Phi) is 3.84. The number of anilines is 1. The van der Waals surface area contributed by atoms with Crippen LogP contribution >= 0.6 is 0 Å². The van der Waals surface area contributed by atoms with Crippen molar-refractivity contribution in [2.24, 2.45) is 11.3 Å². The molecule has 1 aliphatic carbocycles. The van der Waals surface area contributed by atoms with Gasteiger partial charge in [-0.1, -0.05) is 44.2 Å². The van der Waals surface area contributed by atoms with Gasteiger partial charge >= 0.3 is 0 Å². The largest absolute Gasteiger partial charge is 0.495 e. The Hall–Kier alpha value is -2.36. The van der Waals surface area contributed by atoms with E-state index in [1.165, 1.54) is 25.3 Å². The molecule has 3 nitrogen and oxygen atoms in total. The van der Waals surface area contributed by atoms with Gasteiger partial charge < -0.3 is 10.1 Å². The van der Waals surface area contributed by atoms with Crippen LogP contribution in [0.25, 0.3) is 0 Å². The molecule has 0 heterocycles. The van der Waals surface area contributed by atoms with Gasteiger partial charge in [0.05, 0.1) is 18.7 Å². The lowest BCUT2D eigenvalue weighted by atomic mass is 10.0. The van der Waals surface area contributed by atoms with Crippen molar-refractivity contribution >= 4 is 11.6 Å². The Morgan fingerprint density at radius 1 is 1.17 bits per heavy atom. The number of rotatable bonds is 4. The van der Waals surface area contributed by atoms with Crippen molar-refractivity contribution in [2.45, 2.75) is 19.8 Å². The molecule has 2 aromatic rings. The third-order valence-electron chi connectivity index (χ3n) is 4.69. The Balaban J connectivity index is 1.81. The maximum Gasteiger partial charge on any atom is 0.228 e. The molecule has 3 rings (SSSR count). The van der Waals surface area contributed by atoms with Crippen LogP contribution in [0.3, 0.4) is 0 Å². The second-order valence-electron chi connectivity index (χ2n) is 6.52. The van der Waals surface area contributed by atoms with Gasteiger partial charge in [0.1, 0.15) is 11.6 Å². The van der Waals surface area contributed by atoms with E-state index in [0.29, 0.717) is 11.4 Å². The third kappa shape index (κ3) is 2.81. The number of hydrogen-bond acceptors (Lipinski definition) is 2. The molecule has 4 heteroatoms. The highest BCUT2D eigenvalue weighted by molar-refractivity contribution is 5.97. The molecule has 23 heavy (non-hydrogen) atoms. The summed E-state index contributed by atoms with van der Waals surface area (Å²) in [6, 6.07) is 14.1. The molecule has 2 aromatic carbocycles. The molecule has 1 saturated carbocycles. The lowest BCUT2D eigenvalue weighted by Crippen LogP contribution is -2.17. The molecule has 0 radical (unpaired) electrons. The summed E-state index contributed by atoms with van der Waals surface area (Å²) in [5.41, 5.74) is 1.40. The topological polar surface area (TPSA) is 38.3 Å². The van der Waals surface area contributed by atoms with Crippen LogP contribution in [0.1, 0.15) is 25.3 Å². The molecule has 0 aliphatic heterocycles. The standard InChI is InChI=1S/C19H20FNO2/c1-19(2)16(12-7-5-4-6-8-12)17(19)18(22)21-14-11-13(20)9-10-15(14)23-3/h4-11,16-17H,1-3H3,(H,21,22)/t16-,17+/m0/s1. The highest BCUT2D eigenvalue weighted by Crippen LogP contribution is 2.64. The lowest BCUT2D eigenvalue weighted by Gasteiger charge is -2.10. The predicted octanol–water partition coefficient (Wildman–Crippen LogP) is 4.21. The quantitative estimate of drug-likeness (QED) is 0.918. The van der Waals surface area contributed by atoms with Crippen LogP contribution in [0.5, 0.6) is 5.75 Å². The molecule has 1 aliphatic rings. The predicted molar refractivity (Wildman–Crippen MR) is 88.0 cm³/mol. The van der Waals surface area contributed by atoms with E-state index in [9.17, 15) is 9.18 Å². The van der Waals surface area contributed by atoms with Gasteiger partial charge in [-0.05, 0) is 23.1 Å². The van der Waals surface area contributed by atoms with E-state index in [1.54, 1.807) is 0 Å². The van der Waals surface area contributed by atoms with Crippen LogP contribution in [0.4, 0.5) is 10.1 Å². The SMILES string of the molecule is COc1ccc(F)cc1NC(=O)[C@H]1[C@H](c2ccccc2)C1(C)C. The van der Waals surface area contributed by atoms with Gasteiger partial charge in [0.25, 0.3) is 0 Å². The fraction of sp³-hybridized carbons (Fsp3) is 0.316. The number of ether oxygens (including phenoxy) is 1. The summed E-state index contributed by atoms with van der Waals surface area (Å²) < 4.78 is 18.6. The van der Waals surface area contributed by atoms with E-state index in [4.69, 9.17) is 4.74 Å². The summed E-state index contributed by atoms with van der Waals surface area (Å²) >= 11 is 0. The molecular weight excluding hydrogens is 293 g/mol. The summed E-state index contributed by atoms with van der Waals surface area (Å²) in [5, 5.41) is 2.82. The van der Waals surface area contributed by atoms with E-state index in [2.05, 4.69) is 19.2 Å². The van der Waals surface area contributed by atoms with Crippen molar-refractivity contribution < 1.29 is 13.9 Å². The van der Waals surface area contributed by atoms with Crippen molar-refractivity contribution in [1.82, 2.24) is 0 Å². The summed E-state index contributed by atoms with van der Waals surface area (Å²) in [7, 11) is 1.50. The van der Waals surface area contributed by atoms with Gasteiger partial charge in [0, 0.05) is 12.0 Å². The van der Waals surface area contributed by atoms with Crippen molar-refractivity contribution in [1.29, 1.82) is 0 Å². The number of methoxy groups -OCH3 is 1. The first-order valence-electron chi connectivity index (χ1n) is 7.64. The molecule has 0 unspecified atom stereocenters. The number of hydrogen-bond donors (Lipinski definition) is 1. The van der Waals surface area contributed by atoms with Crippen molar-refractivity contribution in [3.8, 4) is 5.75 Å². The monoisotopic (exact) mass is 313 g/mol. The molecule has 0 saturated heterocycles. The van der Waals surface area contributed by atoms with Crippen molar-refractivity contribution in [3.05, 3.63) is 59.9 Å². The number of carbonyl (C=O) groups excluding carboxylic acids is 1. The van der Waals surface area contributed by atoms with Crippen LogP contribution in [0.15, 0.2) is 48.5 Å². The second kappa shape index (κ2) is 5.69. The van der Waals surface area contributed by atoms with Crippen LogP contribution in [0.2, 0.25) is 0 Å². The minimum atomic E-state index is -0.407. The second-order valence-corrected chi connectivity index (χ2v) is 6.52. The maximum absolute atomic E-state index is 13.4. The normalized spacial score (nSPS) is 21.6. The zero-order chi connectivity index (χ0) is 16.6. The highest BCUT2D eigenvalue weighted by atomic mass is 19.1. The minimum absolute atomic E-state index is 0.104. The van der Waals surface area contributed by atoms with Gasteiger partial charge in [0.15, 0.2) is 0 Å². The summed E-state index contributed by atoms with van der Waals surface area (Å²) in [6.45, 7) is 4.16. The Bertz CT molecular complexity index is 727. The van der Waals surface area contributed by atoms with E-state index in [-0.39, 0.29) is 23.2 Å². The Morgan fingerprint density at radius 2 is 1.87 bits per heavy atom. The minimum Gasteiger partial charge on any atom is -0.495 e. The first kappa shape index (κ1) is 15.5. The molecule has 2 atom stereocenters. The van der Waals surface area contributed by atoms with Crippen molar-refractivity contribution in [2.75, 3.05) is 12.4 Å². The fourth-order valence-electron chi connectivity index (χ4n) is 3.40. The maximum atomic E-state index is 13.4. The average Bonchev–Trinajstić information content (AvgIpc) is 3.11. The van der Waals surface area contributed by atoms with Gasteiger partial charge in [-0.2, -0.15) is 0 Å². The number of benzene rings is 2. The molecule has 0 aromatic heterocycles. The van der Waals surface area contributed by atoms with Crippen LogP contribution in [-0.4, -0.2) is 13.0 Å². The molecule has 1 fully saturated rings. The number of amides is 1. The lowest BCUT2D eigenvalue weighted by molar-refractivity contribution is -0.118. The van der Waals surface area contributed by atoms with Crippen LogP contribution < -0.4 is 10.1 Å². The van der Waals surface area contributed by atoms with Gasteiger partial charge in [0.2, 0.25) is 5.91 Å². The van der Waals surface area contributed by atoms with Gasteiger partial charge in [-0.15, -0.1) is 0 Å². The molecular formula is C19H20FNO2. The molecule has 0 bridgehead atoms. The van der Waals surface area contributed by atoms with E-state index >= 15 is 0 Å². The average molecular weight is 313 g/mol. The van der Waals surface area contributed by atoms with Crippen LogP contribution in [-0.2, 0) is 4.79 Å². The molecule has 1 N–H and O–H groups in total. The van der Waals surface area contributed by atoms with Crippen molar-refractivity contribution in [3.63, 3.8) is 0 Å². The van der Waals surface area contributed by atoms with E-state index < -0.39 is 5.82 Å². The van der Waals surface area contributed by atoms with E-state index in [1.807, 2.05) is 30.3 Å². The van der Waals surface area contributed by atoms with E-state index in [0.717, 1.165) is 5.56 Å². The smallest absolute Gasteiger partial charge is 0.228 e. The number of halogens is 1. The fourth-order valence-corrected chi connectivity index (χ4v) is 3.40. The first-order chi connectivity index (χ1) is 10.9. The molecule has 1 amide bonds. The highest BCUT2D eigenvalue weighted by Gasteiger charge is 2.62.